The van der Waals surface area contributed by atoms with E-state index in [1.165, 1.54) is 24.3 Å². The maximum absolute atomic E-state index is 15.7. The SMILES string of the molecule is N#CC(C#N)=C1Nc2c(F)c(F)c3c(F)c4c5c(c(F)c(F)c4c(F)c3c2O1)NC(=C(C#N)C#N)O5. The average molecular weight is 496 g/mol. The molecule has 0 bridgehead atoms. The lowest BCUT2D eigenvalue weighted by molar-refractivity contribution is 0.451. The topological polar surface area (TPSA) is 138 Å². The molecular weight excluding hydrogens is 494 g/mol. The lowest BCUT2D eigenvalue weighted by Gasteiger charge is -2.14. The average Bonchev–Trinajstić information content (AvgIpc) is 3.49. The zero-order valence-corrected chi connectivity index (χ0v) is 16.9. The summed E-state index contributed by atoms with van der Waals surface area (Å²) in [4.78, 5) is 0. The number of allylic oxidation sites excluding steroid dienone is 2. The normalized spacial score (nSPS) is 12.8. The minimum absolute atomic E-state index is 0.732. The Morgan fingerprint density at radius 1 is 0.500 bits per heavy atom. The van der Waals surface area contributed by atoms with Gasteiger partial charge in [0.15, 0.2) is 45.9 Å². The first-order chi connectivity index (χ1) is 17.2. The molecule has 2 heterocycles. The van der Waals surface area contributed by atoms with Crippen LogP contribution in [0.25, 0.3) is 21.5 Å². The number of ether oxygens (including phenoxy) is 2. The Balaban J connectivity index is 1.96. The summed E-state index contributed by atoms with van der Waals surface area (Å²) in [5.41, 5.74) is -3.37. The number of nitriles is 4. The predicted molar refractivity (Wildman–Crippen MR) is 106 cm³/mol. The molecule has 0 amide bonds. The second-order valence-corrected chi connectivity index (χ2v) is 7.10. The second-order valence-electron chi connectivity index (χ2n) is 7.10. The molecule has 2 aliphatic rings. The maximum Gasteiger partial charge on any atom is 0.226 e. The van der Waals surface area contributed by atoms with Gasteiger partial charge in [-0.15, -0.1) is 0 Å². The second kappa shape index (κ2) is 7.45. The minimum Gasteiger partial charge on any atom is -0.436 e. The minimum atomic E-state index is -1.97. The largest absolute Gasteiger partial charge is 0.436 e. The van der Waals surface area contributed by atoms with Gasteiger partial charge in [0.1, 0.15) is 47.3 Å². The smallest absolute Gasteiger partial charge is 0.226 e. The quantitative estimate of drug-likeness (QED) is 0.253. The zero-order valence-electron chi connectivity index (χ0n) is 16.9. The Kier molecular flexibility index (Phi) is 4.60. The molecule has 0 aromatic heterocycles. The Bertz CT molecular complexity index is 1690. The Hall–Kier alpha value is -5.60. The van der Waals surface area contributed by atoms with Crippen molar-refractivity contribution in [1.82, 2.24) is 0 Å². The summed E-state index contributed by atoms with van der Waals surface area (Å²) in [5, 5.41) is 35.0. The van der Waals surface area contributed by atoms with Crippen molar-refractivity contribution in [3.63, 3.8) is 0 Å². The van der Waals surface area contributed by atoms with Gasteiger partial charge in [-0.25, -0.2) is 26.3 Å². The number of rotatable bonds is 0. The number of halogens is 6. The van der Waals surface area contributed by atoms with Crippen LogP contribution in [0.1, 0.15) is 0 Å². The van der Waals surface area contributed by atoms with Crippen molar-refractivity contribution in [2.24, 2.45) is 0 Å². The standard InChI is InChI=1S/C22H2F6N6O2/c23-11-8-10(20-18(16(28)14(8)26)34-22(36-20)6(3-31)4-32)12(24)7-9(11)19-17(15(27)13(7)25)33-21(35-19)5(1-29)2-30/h33-34H. The van der Waals surface area contributed by atoms with Gasteiger partial charge in [-0.1, -0.05) is 0 Å². The van der Waals surface area contributed by atoms with Crippen molar-refractivity contribution < 1.29 is 35.8 Å². The summed E-state index contributed by atoms with van der Waals surface area (Å²) in [7, 11) is 0. The lowest BCUT2D eigenvalue weighted by Crippen LogP contribution is -2.02. The van der Waals surface area contributed by atoms with Gasteiger partial charge in [0.2, 0.25) is 11.8 Å². The zero-order chi connectivity index (χ0) is 26.0. The van der Waals surface area contributed by atoms with Gasteiger partial charge >= 0.3 is 0 Å². The van der Waals surface area contributed by atoms with Gasteiger partial charge in [0.25, 0.3) is 0 Å². The first-order valence-corrected chi connectivity index (χ1v) is 9.34. The number of nitrogens with one attached hydrogen (secondary N) is 2. The van der Waals surface area contributed by atoms with E-state index >= 15 is 17.6 Å². The molecule has 2 N–H and O–H groups in total. The van der Waals surface area contributed by atoms with E-state index in [2.05, 4.69) is 10.6 Å². The van der Waals surface area contributed by atoms with Crippen LogP contribution in [0.2, 0.25) is 0 Å². The molecule has 0 atom stereocenters. The predicted octanol–water partition coefficient (Wildman–Crippen LogP) is 4.95. The molecule has 0 fully saturated rings. The molecule has 3 aromatic rings. The number of nitrogens with zero attached hydrogens (tertiary/aromatic N) is 4. The number of fused-ring (bicyclic) bond motifs is 6. The van der Waals surface area contributed by atoms with E-state index in [0.717, 1.165) is 0 Å². The molecule has 0 saturated heterocycles. The highest BCUT2D eigenvalue weighted by Crippen LogP contribution is 2.52. The van der Waals surface area contributed by atoms with Crippen molar-refractivity contribution in [3.05, 3.63) is 57.8 Å². The van der Waals surface area contributed by atoms with Crippen molar-refractivity contribution in [3.8, 4) is 35.8 Å². The molecule has 3 aromatic carbocycles. The van der Waals surface area contributed by atoms with Crippen LogP contribution in [-0.2, 0) is 0 Å². The summed E-state index contributed by atoms with van der Waals surface area (Å²) in [6.45, 7) is 0. The fraction of sp³-hybridized carbons (Fsp3) is 0. The number of hydrogen-bond donors (Lipinski definition) is 2. The molecule has 0 spiro atoms. The molecule has 36 heavy (non-hydrogen) atoms. The van der Waals surface area contributed by atoms with Crippen LogP contribution >= 0.6 is 0 Å². The third-order valence-electron chi connectivity index (χ3n) is 5.34. The van der Waals surface area contributed by atoms with Gasteiger partial charge < -0.3 is 20.1 Å². The van der Waals surface area contributed by atoms with Crippen molar-refractivity contribution >= 4 is 32.9 Å². The fourth-order valence-corrected chi connectivity index (χ4v) is 3.81. The van der Waals surface area contributed by atoms with Crippen molar-refractivity contribution in [2.45, 2.75) is 0 Å². The van der Waals surface area contributed by atoms with Crippen LogP contribution in [0.4, 0.5) is 37.7 Å². The Morgan fingerprint density at radius 3 is 1.14 bits per heavy atom. The van der Waals surface area contributed by atoms with E-state index in [1.54, 1.807) is 0 Å². The van der Waals surface area contributed by atoms with E-state index in [9.17, 15) is 8.78 Å². The maximum atomic E-state index is 15.7. The van der Waals surface area contributed by atoms with Gasteiger partial charge in [-0.3, -0.25) is 0 Å². The number of hydrogen-bond acceptors (Lipinski definition) is 8. The molecule has 0 saturated carbocycles. The number of benzene rings is 3. The molecule has 0 aliphatic carbocycles. The molecule has 2 aliphatic heterocycles. The molecule has 0 radical (unpaired) electrons. The molecule has 0 unspecified atom stereocenters. The van der Waals surface area contributed by atoms with Crippen molar-refractivity contribution in [1.29, 1.82) is 21.0 Å². The Morgan fingerprint density at radius 2 is 0.833 bits per heavy atom. The highest BCUT2D eigenvalue weighted by molar-refractivity contribution is 6.09. The fourth-order valence-electron chi connectivity index (χ4n) is 3.81. The molecule has 174 valence electrons. The highest BCUT2D eigenvalue weighted by Gasteiger charge is 2.38. The van der Waals surface area contributed by atoms with Crippen LogP contribution < -0.4 is 20.1 Å². The highest BCUT2D eigenvalue weighted by atomic mass is 19.2. The monoisotopic (exact) mass is 496 g/mol. The van der Waals surface area contributed by atoms with Crippen LogP contribution in [0.3, 0.4) is 0 Å². The summed E-state index contributed by atoms with van der Waals surface area (Å²) in [5.74, 6) is -14.5. The Labute approximate surface area is 194 Å². The molecule has 14 heteroatoms. The van der Waals surface area contributed by atoms with E-state index in [4.69, 9.17) is 30.5 Å². The summed E-state index contributed by atoms with van der Waals surface area (Å²) >= 11 is 0. The van der Waals surface area contributed by atoms with E-state index in [0.29, 0.717) is 0 Å². The van der Waals surface area contributed by atoms with Gasteiger partial charge in [0.05, 0.1) is 21.5 Å². The third kappa shape index (κ3) is 2.61. The molecule has 8 nitrogen and oxygen atoms in total. The molecular formula is C22H2F6N6O2. The number of anilines is 2. The van der Waals surface area contributed by atoms with E-state index < -0.39 is 102 Å². The van der Waals surface area contributed by atoms with Gasteiger partial charge in [-0.05, 0) is 0 Å². The van der Waals surface area contributed by atoms with Crippen LogP contribution in [-0.4, -0.2) is 0 Å². The summed E-state index contributed by atoms with van der Waals surface area (Å²) in [6.07, 6.45) is 0. The van der Waals surface area contributed by atoms with Crippen LogP contribution in [0, 0.1) is 80.2 Å². The lowest BCUT2D eigenvalue weighted by atomic mass is 9.97. The van der Waals surface area contributed by atoms with Crippen molar-refractivity contribution in [2.75, 3.05) is 10.6 Å². The first kappa shape index (κ1) is 22.2. The summed E-state index contributed by atoms with van der Waals surface area (Å²) in [6, 6.07) is 5.59. The van der Waals surface area contributed by atoms with Crippen LogP contribution in [0.15, 0.2) is 22.9 Å². The van der Waals surface area contributed by atoms with E-state index in [1.807, 2.05) is 0 Å². The van der Waals surface area contributed by atoms with Crippen LogP contribution in [0.5, 0.6) is 11.5 Å². The van der Waals surface area contributed by atoms with Gasteiger partial charge in [-0.2, -0.15) is 21.0 Å². The third-order valence-corrected chi connectivity index (χ3v) is 5.34. The van der Waals surface area contributed by atoms with Gasteiger partial charge in [0, 0.05) is 0 Å². The first-order valence-electron chi connectivity index (χ1n) is 9.34. The van der Waals surface area contributed by atoms with E-state index in [-0.39, 0.29) is 0 Å². The molecule has 5 rings (SSSR count). The summed E-state index contributed by atoms with van der Waals surface area (Å²) < 4.78 is 101.